The predicted molar refractivity (Wildman–Crippen MR) is 117 cm³/mol. The number of ketones is 1. The van der Waals surface area contributed by atoms with E-state index in [2.05, 4.69) is 86.4 Å². The fraction of sp³-hybridized carbons (Fsp3) is 0.346. The van der Waals surface area contributed by atoms with Crippen LogP contribution in [0.1, 0.15) is 48.4 Å². The van der Waals surface area contributed by atoms with E-state index < -0.39 is 0 Å². The third-order valence-electron chi connectivity index (χ3n) is 6.04. The number of piperidine rings is 1. The minimum atomic E-state index is 0.237. The van der Waals surface area contributed by atoms with Gasteiger partial charge in [0.15, 0.2) is 5.78 Å². The van der Waals surface area contributed by atoms with Crippen molar-refractivity contribution < 1.29 is 4.79 Å². The molecule has 2 heterocycles. The Morgan fingerprint density at radius 1 is 0.821 bits per heavy atom. The van der Waals surface area contributed by atoms with E-state index in [9.17, 15) is 4.79 Å². The van der Waals surface area contributed by atoms with Crippen LogP contribution in [0.25, 0.3) is 12.2 Å². The molecule has 2 aliphatic heterocycles. The first-order valence-corrected chi connectivity index (χ1v) is 10.4. The molecule has 4 rings (SSSR count). The Hall–Kier alpha value is -2.45. The summed E-state index contributed by atoms with van der Waals surface area (Å²) >= 11 is 0. The molecule has 28 heavy (non-hydrogen) atoms. The highest BCUT2D eigenvalue weighted by molar-refractivity contribution is 6.16. The van der Waals surface area contributed by atoms with Crippen LogP contribution in [-0.4, -0.2) is 29.3 Å². The molecule has 2 saturated heterocycles. The van der Waals surface area contributed by atoms with Gasteiger partial charge in [-0.2, -0.15) is 0 Å². The summed E-state index contributed by atoms with van der Waals surface area (Å²) in [5, 5.41) is 0. The zero-order valence-electron chi connectivity index (χ0n) is 17.1. The molecule has 0 aromatic heterocycles. The van der Waals surface area contributed by atoms with Gasteiger partial charge in [0.1, 0.15) is 0 Å². The van der Waals surface area contributed by atoms with E-state index in [4.69, 9.17) is 0 Å². The van der Waals surface area contributed by atoms with Crippen molar-refractivity contribution >= 4 is 17.9 Å². The van der Waals surface area contributed by atoms with Crippen LogP contribution >= 0.6 is 0 Å². The Morgan fingerprint density at radius 3 is 1.64 bits per heavy atom. The molecular weight excluding hydrogens is 342 g/mol. The molecule has 2 nitrogen and oxygen atoms in total. The average molecular weight is 372 g/mol. The second-order valence-corrected chi connectivity index (χ2v) is 8.20. The zero-order chi connectivity index (χ0) is 19.7. The van der Waals surface area contributed by atoms with Gasteiger partial charge in [0.2, 0.25) is 0 Å². The van der Waals surface area contributed by atoms with E-state index in [1.807, 2.05) is 0 Å². The molecule has 2 aliphatic rings. The molecule has 2 fully saturated rings. The minimum Gasteiger partial charge on any atom is -0.289 e. The lowest BCUT2D eigenvalue weighted by atomic mass is 9.87. The first kappa shape index (κ1) is 18.9. The molecule has 2 unspecified atom stereocenters. The molecule has 144 valence electrons. The lowest BCUT2D eigenvalue weighted by Gasteiger charge is -2.37. The van der Waals surface area contributed by atoms with E-state index in [-0.39, 0.29) is 17.9 Å². The van der Waals surface area contributed by atoms with Gasteiger partial charge in [-0.1, -0.05) is 66.6 Å². The van der Waals surface area contributed by atoms with Crippen LogP contribution in [0.5, 0.6) is 0 Å². The molecule has 2 bridgehead atoms. The first-order chi connectivity index (χ1) is 13.6. The van der Waals surface area contributed by atoms with Gasteiger partial charge in [-0.15, -0.1) is 0 Å². The fourth-order valence-corrected chi connectivity index (χ4v) is 4.58. The summed E-state index contributed by atoms with van der Waals surface area (Å²) in [5.74, 6) is 0.237. The number of carbonyl (C=O) groups excluding carboxylic acids is 1. The number of hydrogen-bond donors (Lipinski definition) is 0. The van der Waals surface area contributed by atoms with Gasteiger partial charge >= 0.3 is 0 Å². The Bertz CT molecular complexity index is 844. The highest BCUT2D eigenvalue weighted by atomic mass is 16.1. The first-order valence-electron chi connectivity index (χ1n) is 10.4. The minimum absolute atomic E-state index is 0.237. The van der Waals surface area contributed by atoms with Gasteiger partial charge in [-0.05, 0) is 62.9 Å². The van der Waals surface area contributed by atoms with E-state index >= 15 is 0 Å². The molecule has 0 amide bonds. The monoisotopic (exact) mass is 371 g/mol. The van der Waals surface area contributed by atoms with Crippen molar-refractivity contribution in [3.63, 3.8) is 0 Å². The van der Waals surface area contributed by atoms with Crippen molar-refractivity contribution in [1.29, 1.82) is 0 Å². The summed E-state index contributed by atoms with van der Waals surface area (Å²) in [5.41, 5.74) is 6.64. The van der Waals surface area contributed by atoms with Gasteiger partial charge in [0.25, 0.3) is 0 Å². The Morgan fingerprint density at radius 2 is 1.25 bits per heavy atom. The highest BCUT2D eigenvalue weighted by Gasteiger charge is 2.45. The van der Waals surface area contributed by atoms with E-state index in [0.717, 1.165) is 48.1 Å². The smallest absolute Gasteiger partial charge is 0.188 e. The van der Waals surface area contributed by atoms with Crippen LogP contribution in [0.3, 0.4) is 0 Å². The Balaban J connectivity index is 1.77. The van der Waals surface area contributed by atoms with Crippen LogP contribution in [0.15, 0.2) is 59.7 Å². The zero-order valence-corrected chi connectivity index (χ0v) is 17.1. The summed E-state index contributed by atoms with van der Waals surface area (Å²) in [4.78, 5) is 16.1. The molecule has 0 N–H and O–H groups in total. The maximum Gasteiger partial charge on any atom is 0.188 e. The summed E-state index contributed by atoms with van der Waals surface area (Å²) in [7, 11) is 0. The Kier molecular flexibility index (Phi) is 5.32. The van der Waals surface area contributed by atoms with Gasteiger partial charge in [-0.25, -0.2) is 0 Å². The van der Waals surface area contributed by atoms with Crippen molar-refractivity contribution in [2.75, 3.05) is 6.54 Å². The second kappa shape index (κ2) is 7.89. The largest absolute Gasteiger partial charge is 0.289 e. The Labute approximate surface area is 168 Å². The summed E-state index contributed by atoms with van der Waals surface area (Å²) in [6, 6.07) is 17.4. The van der Waals surface area contributed by atoms with Crippen LogP contribution in [0.2, 0.25) is 0 Å². The molecule has 0 saturated carbocycles. The van der Waals surface area contributed by atoms with Crippen LogP contribution in [0.4, 0.5) is 0 Å². The van der Waals surface area contributed by atoms with Crippen molar-refractivity contribution in [2.24, 2.45) is 0 Å². The lowest BCUT2D eigenvalue weighted by Crippen LogP contribution is -2.46. The van der Waals surface area contributed by atoms with E-state index in [0.29, 0.717) is 0 Å². The molecule has 2 aromatic carbocycles. The molecule has 0 aliphatic carbocycles. The number of benzene rings is 2. The standard InChI is InChI=1S/C26H29NO/c1-4-15-27-24-13-14-25(27)23(17-21-11-7-19(3)8-12-21)26(28)22(24)16-20-9-5-18(2)6-10-20/h5-12,16-17,24-25H,4,13-15H2,1-3H3/b22-16+,23-17+. The quantitative estimate of drug-likeness (QED) is 0.652. The number of Topliss-reactive ketones (excluding diaryl/α,β-unsaturated/α-hetero) is 1. The number of fused-ring (bicyclic) bond motifs is 2. The van der Waals surface area contributed by atoms with Crippen molar-refractivity contribution in [2.45, 2.75) is 52.1 Å². The molecule has 2 heteroatoms. The summed E-state index contributed by atoms with van der Waals surface area (Å²) < 4.78 is 0. The van der Waals surface area contributed by atoms with Gasteiger partial charge in [-0.3, -0.25) is 9.69 Å². The van der Waals surface area contributed by atoms with Crippen molar-refractivity contribution in [3.8, 4) is 0 Å². The number of rotatable bonds is 4. The third kappa shape index (κ3) is 3.62. The van der Waals surface area contributed by atoms with E-state index in [1.54, 1.807) is 0 Å². The normalized spacial score (nSPS) is 25.0. The number of nitrogens with zero attached hydrogens (tertiary/aromatic N) is 1. The molecule has 0 radical (unpaired) electrons. The van der Waals surface area contributed by atoms with Gasteiger partial charge in [0.05, 0.1) is 0 Å². The number of hydrogen-bond acceptors (Lipinski definition) is 2. The number of aryl methyl sites for hydroxylation is 2. The second-order valence-electron chi connectivity index (χ2n) is 8.20. The van der Waals surface area contributed by atoms with Gasteiger partial charge in [0, 0.05) is 23.2 Å². The van der Waals surface area contributed by atoms with Crippen molar-refractivity contribution in [3.05, 3.63) is 81.9 Å². The summed E-state index contributed by atoms with van der Waals surface area (Å²) in [6.07, 6.45) is 7.49. The van der Waals surface area contributed by atoms with Crippen LogP contribution in [-0.2, 0) is 4.79 Å². The third-order valence-corrected chi connectivity index (χ3v) is 6.04. The maximum absolute atomic E-state index is 13.5. The number of carbonyl (C=O) groups is 1. The molecular formula is C26H29NO. The summed E-state index contributed by atoms with van der Waals surface area (Å²) in [6.45, 7) is 7.45. The molecule has 2 aromatic rings. The molecule has 0 spiro atoms. The maximum atomic E-state index is 13.5. The van der Waals surface area contributed by atoms with E-state index in [1.165, 1.54) is 11.1 Å². The average Bonchev–Trinajstić information content (AvgIpc) is 3.04. The predicted octanol–water partition coefficient (Wildman–Crippen LogP) is 5.60. The fourth-order valence-electron chi connectivity index (χ4n) is 4.58. The van der Waals surface area contributed by atoms with Gasteiger partial charge < -0.3 is 0 Å². The lowest BCUT2D eigenvalue weighted by molar-refractivity contribution is -0.114. The van der Waals surface area contributed by atoms with Crippen LogP contribution < -0.4 is 0 Å². The highest BCUT2D eigenvalue weighted by Crippen LogP contribution is 2.41. The van der Waals surface area contributed by atoms with Crippen molar-refractivity contribution in [1.82, 2.24) is 4.90 Å². The SMILES string of the molecule is CCCN1C2CCC1/C(=C\c1ccc(C)cc1)C(=O)/C2=C/c1ccc(C)cc1. The molecule has 2 atom stereocenters. The topological polar surface area (TPSA) is 20.3 Å². The van der Waals surface area contributed by atoms with Crippen LogP contribution in [0, 0.1) is 13.8 Å².